The largest absolute Gasteiger partial charge is 0.489 e. The molecule has 0 radical (unpaired) electrons. The Morgan fingerprint density at radius 3 is 2.68 bits per heavy atom. The highest BCUT2D eigenvalue weighted by Crippen LogP contribution is 2.38. The van der Waals surface area contributed by atoms with E-state index in [1.807, 2.05) is 13.8 Å². The SMILES string of the molecule is CCC#CC[C@H](C)Oc1cc(N)ccc1C(=O)N(Cl)C1CC2CCC(C1)N2C. The Morgan fingerprint density at radius 1 is 1.36 bits per heavy atom. The number of nitrogens with zero attached hydrogens (tertiary/aromatic N) is 2. The molecule has 2 aliphatic heterocycles. The summed E-state index contributed by atoms with van der Waals surface area (Å²) in [6, 6.07) is 6.18. The second-order valence-electron chi connectivity index (χ2n) is 7.89. The van der Waals surface area contributed by atoms with E-state index < -0.39 is 0 Å². The van der Waals surface area contributed by atoms with Gasteiger partial charge in [0.05, 0.1) is 11.6 Å². The van der Waals surface area contributed by atoms with Crippen LogP contribution in [0.25, 0.3) is 0 Å². The molecule has 0 saturated carbocycles. The molecule has 2 bridgehead atoms. The average molecular weight is 404 g/mol. The van der Waals surface area contributed by atoms with Gasteiger partial charge in [-0.3, -0.25) is 4.79 Å². The first kappa shape index (κ1) is 20.8. The van der Waals surface area contributed by atoms with Crippen molar-refractivity contribution in [3.05, 3.63) is 23.8 Å². The van der Waals surface area contributed by atoms with Crippen molar-refractivity contribution >= 4 is 23.4 Å². The van der Waals surface area contributed by atoms with Crippen LogP contribution in [0.1, 0.15) is 62.7 Å². The molecule has 3 atom stereocenters. The molecule has 28 heavy (non-hydrogen) atoms. The van der Waals surface area contributed by atoms with Crippen LogP contribution in [0.4, 0.5) is 5.69 Å². The fourth-order valence-corrected chi connectivity index (χ4v) is 4.51. The van der Waals surface area contributed by atoms with Crippen molar-refractivity contribution in [2.75, 3.05) is 12.8 Å². The van der Waals surface area contributed by atoms with Gasteiger partial charge in [0.15, 0.2) is 0 Å². The van der Waals surface area contributed by atoms with E-state index in [4.69, 9.17) is 22.2 Å². The molecule has 1 aromatic rings. The number of rotatable bonds is 5. The van der Waals surface area contributed by atoms with Gasteiger partial charge >= 0.3 is 0 Å². The summed E-state index contributed by atoms with van der Waals surface area (Å²) >= 11 is 6.56. The monoisotopic (exact) mass is 403 g/mol. The summed E-state index contributed by atoms with van der Waals surface area (Å²) in [5.41, 5.74) is 6.93. The van der Waals surface area contributed by atoms with Crippen molar-refractivity contribution in [3.8, 4) is 17.6 Å². The maximum atomic E-state index is 13.2. The number of fused-ring (bicyclic) bond motifs is 2. The van der Waals surface area contributed by atoms with E-state index in [0.717, 1.165) is 19.3 Å². The first-order valence-corrected chi connectivity index (χ1v) is 10.5. The Labute approximate surface area is 173 Å². The molecular formula is C22H30ClN3O2. The molecule has 1 amide bonds. The zero-order valence-corrected chi connectivity index (χ0v) is 17.7. The maximum absolute atomic E-state index is 13.2. The highest BCUT2D eigenvalue weighted by Gasteiger charge is 2.41. The number of hydrogen-bond acceptors (Lipinski definition) is 4. The van der Waals surface area contributed by atoms with E-state index in [1.54, 1.807) is 18.2 Å². The summed E-state index contributed by atoms with van der Waals surface area (Å²) in [4.78, 5) is 15.6. The van der Waals surface area contributed by atoms with Gasteiger partial charge in [-0.1, -0.05) is 12.8 Å². The molecule has 2 heterocycles. The fraction of sp³-hybridized carbons (Fsp3) is 0.591. The molecular weight excluding hydrogens is 374 g/mol. The quantitative estimate of drug-likeness (QED) is 0.457. The Hall–Kier alpha value is -1.90. The highest BCUT2D eigenvalue weighted by molar-refractivity contribution is 6.24. The van der Waals surface area contributed by atoms with E-state index in [-0.39, 0.29) is 18.1 Å². The number of halogens is 1. The average Bonchev–Trinajstić information content (AvgIpc) is 2.88. The second-order valence-corrected chi connectivity index (χ2v) is 8.25. The second kappa shape index (κ2) is 9.07. The van der Waals surface area contributed by atoms with E-state index in [0.29, 0.717) is 35.5 Å². The van der Waals surface area contributed by atoms with Crippen molar-refractivity contribution in [3.63, 3.8) is 0 Å². The lowest BCUT2D eigenvalue weighted by Crippen LogP contribution is -2.47. The number of carbonyl (C=O) groups excluding carboxylic acids is 1. The van der Waals surface area contributed by atoms with E-state index in [2.05, 4.69) is 23.8 Å². The summed E-state index contributed by atoms with van der Waals surface area (Å²) in [5, 5.41) is 0. The first-order valence-electron chi connectivity index (χ1n) is 10.1. The van der Waals surface area contributed by atoms with E-state index >= 15 is 0 Å². The molecule has 0 aliphatic carbocycles. The molecule has 2 N–H and O–H groups in total. The van der Waals surface area contributed by atoms with Gasteiger partial charge in [-0.15, -0.1) is 5.92 Å². The van der Waals surface area contributed by atoms with Crippen LogP contribution in [-0.4, -0.2) is 46.5 Å². The third-order valence-electron chi connectivity index (χ3n) is 5.84. The summed E-state index contributed by atoms with van der Waals surface area (Å²) < 4.78 is 7.39. The minimum absolute atomic E-state index is 0.0427. The van der Waals surface area contributed by atoms with Crippen LogP contribution < -0.4 is 10.5 Å². The number of amides is 1. The fourth-order valence-electron chi connectivity index (χ4n) is 4.26. The van der Waals surface area contributed by atoms with E-state index in [1.165, 1.54) is 17.3 Å². The molecule has 6 heteroatoms. The van der Waals surface area contributed by atoms with Gasteiger partial charge in [0.1, 0.15) is 11.9 Å². The zero-order chi connectivity index (χ0) is 20.3. The predicted octanol–water partition coefficient (Wildman–Crippen LogP) is 4.06. The van der Waals surface area contributed by atoms with Crippen molar-refractivity contribution in [2.45, 2.75) is 76.6 Å². The van der Waals surface area contributed by atoms with E-state index in [9.17, 15) is 4.79 Å². The molecule has 152 valence electrons. The van der Waals surface area contributed by atoms with Gasteiger partial charge in [0.25, 0.3) is 5.91 Å². The Balaban J connectivity index is 1.74. The minimum Gasteiger partial charge on any atom is -0.489 e. The lowest BCUT2D eigenvalue weighted by atomic mass is 9.97. The molecule has 0 aromatic heterocycles. The first-order chi connectivity index (χ1) is 13.4. The third-order valence-corrected chi connectivity index (χ3v) is 6.27. The van der Waals surface area contributed by atoms with Crippen LogP contribution in [0.2, 0.25) is 0 Å². The number of nitrogen functional groups attached to an aromatic ring is 1. The molecule has 1 aromatic carbocycles. The number of anilines is 1. The van der Waals surface area contributed by atoms with Crippen LogP contribution in [0.5, 0.6) is 5.75 Å². The van der Waals surface area contributed by atoms with Gasteiger partial charge in [-0.25, -0.2) is 4.42 Å². The van der Waals surface area contributed by atoms with Crippen LogP contribution in [0.15, 0.2) is 18.2 Å². The molecule has 3 rings (SSSR count). The third kappa shape index (κ3) is 4.56. The minimum atomic E-state index is -0.225. The Morgan fingerprint density at radius 2 is 2.04 bits per heavy atom. The summed E-state index contributed by atoms with van der Waals surface area (Å²) in [6.45, 7) is 3.95. The van der Waals surface area contributed by atoms with Gasteiger partial charge < -0.3 is 15.4 Å². The molecule has 2 fully saturated rings. The molecule has 0 spiro atoms. The van der Waals surface area contributed by atoms with Crippen LogP contribution >= 0.6 is 11.8 Å². The molecule has 2 unspecified atom stereocenters. The number of hydrogen-bond donors (Lipinski definition) is 1. The van der Waals surface area contributed by atoms with Crippen molar-refractivity contribution in [2.24, 2.45) is 0 Å². The summed E-state index contributed by atoms with van der Waals surface area (Å²) in [5.74, 6) is 6.36. The smallest absolute Gasteiger partial charge is 0.272 e. The summed E-state index contributed by atoms with van der Waals surface area (Å²) in [6.07, 6.45) is 5.46. The number of piperidine rings is 1. The van der Waals surface area contributed by atoms with Crippen molar-refractivity contribution in [1.82, 2.24) is 9.32 Å². The topological polar surface area (TPSA) is 58.8 Å². The number of carbonyl (C=O) groups is 1. The maximum Gasteiger partial charge on any atom is 0.272 e. The normalized spacial score (nSPS) is 24.9. The van der Waals surface area contributed by atoms with Crippen LogP contribution in [-0.2, 0) is 0 Å². The van der Waals surface area contributed by atoms with Gasteiger partial charge in [-0.05, 0) is 51.8 Å². The summed E-state index contributed by atoms with van der Waals surface area (Å²) in [7, 11) is 2.17. The number of nitrogens with two attached hydrogens (primary N) is 1. The van der Waals surface area contributed by atoms with Crippen molar-refractivity contribution in [1.29, 1.82) is 0 Å². The number of benzene rings is 1. The highest BCUT2D eigenvalue weighted by atomic mass is 35.5. The molecule has 2 saturated heterocycles. The molecule has 5 nitrogen and oxygen atoms in total. The van der Waals surface area contributed by atoms with Gasteiger partial charge in [0, 0.05) is 48.5 Å². The zero-order valence-electron chi connectivity index (χ0n) is 17.0. The lowest BCUT2D eigenvalue weighted by molar-refractivity contribution is 0.0698. The van der Waals surface area contributed by atoms with Crippen LogP contribution in [0.3, 0.4) is 0 Å². The van der Waals surface area contributed by atoms with Crippen molar-refractivity contribution < 1.29 is 9.53 Å². The van der Waals surface area contributed by atoms with Crippen LogP contribution in [0, 0.1) is 11.8 Å². The predicted molar refractivity (Wildman–Crippen MR) is 113 cm³/mol. The van der Waals surface area contributed by atoms with Gasteiger partial charge in [0.2, 0.25) is 0 Å². The Kier molecular flexibility index (Phi) is 6.74. The molecule has 2 aliphatic rings. The standard InChI is InChI=1S/C22H30ClN3O2/c1-4-5-6-7-15(2)28-21-12-16(24)8-11-20(21)22(27)26(23)19-13-17-9-10-18(14-19)25(17)3/h8,11-12,15,17-19H,4,7,9-10,13-14,24H2,1-3H3/t15-,17?,18?,19?/m0/s1. The number of ether oxygens (including phenoxy) is 1. The lowest BCUT2D eigenvalue weighted by Gasteiger charge is -2.39. The van der Waals surface area contributed by atoms with Gasteiger partial charge in [-0.2, -0.15) is 0 Å². The Bertz CT molecular complexity index is 759.